The normalized spacial score (nSPS) is 17.7. The van der Waals surface area contributed by atoms with Crippen LogP contribution in [-0.4, -0.2) is 82.7 Å². The van der Waals surface area contributed by atoms with Crippen LogP contribution in [0.5, 0.6) is 0 Å². The molecule has 2 aliphatic heterocycles. The summed E-state index contributed by atoms with van der Waals surface area (Å²) in [6.45, 7) is 3.13. The van der Waals surface area contributed by atoms with Crippen LogP contribution < -0.4 is 32.2 Å². The number of nitrogens with one attached hydrogen (secondary N) is 1. The number of nitrogen functional groups attached to an aromatic ring is 1. The summed E-state index contributed by atoms with van der Waals surface area (Å²) >= 11 is 3.61. The maximum absolute atomic E-state index is 13.4. The molecular weight excluding hydrogens is 711 g/mol. The number of guanidine groups is 1. The van der Waals surface area contributed by atoms with Gasteiger partial charge < -0.3 is 46.9 Å². The van der Waals surface area contributed by atoms with E-state index in [4.69, 9.17) is 22.0 Å². The van der Waals surface area contributed by atoms with Gasteiger partial charge in [-0.2, -0.15) is 4.99 Å². The van der Waals surface area contributed by atoms with Crippen molar-refractivity contribution in [1.29, 1.82) is 0 Å². The fraction of sp³-hybridized carbons (Fsp3) is 0.276. The summed E-state index contributed by atoms with van der Waals surface area (Å²) in [5, 5.41) is 32.1. The average molecular weight is 740 g/mol. The number of nitrogens with two attached hydrogens (primary N) is 3. The molecule has 1 fully saturated rings. The van der Waals surface area contributed by atoms with Crippen molar-refractivity contribution in [3.63, 3.8) is 0 Å². The number of hydrogen-bond donors (Lipinski definition) is 5. The fourth-order valence-corrected chi connectivity index (χ4v) is 7.74. The number of fused-ring (bicyclic) bond motifs is 2. The summed E-state index contributed by atoms with van der Waals surface area (Å²) < 4.78 is 3.82. The number of aliphatic carboxylic acids is 2. The van der Waals surface area contributed by atoms with Crippen molar-refractivity contribution in [3.05, 3.63) is 64.1 Å². The van der Waals surface area contributed by atoms with Gasteiger partial charge in [0, 0.05) is 34.3 Å². The van der Waals surface area contributed by atoms with E-state index < -0.39 is 46.5 Å². The number of amides is 2. The third-order valence-electron chi connectivity index (χ3n) is 7.63. The van der Waals surface area contributed by atoms with Crippen molar-refractivity contribution >= 4 is 91.0 Å². The highest BCUT2D eigenvalue weighted by Crippen LogP contribution is 2.40. The zero-order valence-electron chi connectivity index (χ0n) is 26.3. The van der Waals surface area contributed by atoms with Gasteiger partial charge in [-0.15, -0.1) is 34.4 Å². The number of rotatable bonds is 12. The molecule has 6 heterocycles. The smallest absolute Gasteiger partial charge is 0.350 e. The van der Waals surface area contributed by atoms with Crippen LogP contribution in [0.25, 0.3) is 10.9 Å². The minimum Gasteiger partial charge on any atom is -0.543 e. The zero-order valence-corrected chi connectivity index (χ0v) is 28.8. The number of thiazole rings is 2. The van der Waals surface area contributed by atoms with E-state index in [0.717, 1.165) is 32.8 Å². The molecule has 1 saturated heterocycles. The Morgan fingerprint density at radius 3 is 2.68 bits per heavy atom. The van der Waals surface area contributed by atoms with Gasteiger partial charge in [-0.25, -0.2) is 19.3 Å². The Kier molecular flexibility index (Phi) is 9.20. The van der Waals surface area contributed by atoms with E-state index in [1.807, 2.05) is 45.2 Å². The SMILES string of the molecule is CC(C)(ON=C(C(=O)N[C@@H]1C(=O)N2C(C(=O)[O-])=C(C[n+]3ccc4c(ccn4Cc4csc(N=C(N)N)n4)c3)CS[C@H]12)c1csc(N)n1)C(=O)O. The highest BCUT2D eigenvalue weighted by atomic mass is 32.2. The number of β-lactam (4-membered cyclic amide) rings is 1. The molecule has 8 N–H and O–H groups in total. The Morgan fingerprint density at radius 2 is 2.00 bits per heavy atom. The molecule has 0 radical (unpaired) electrons. The maximum Gasteiger partial charge on any atom is 0.350 e. The molecule has 2 amide bonds. The first kappa shape index (κ1) is 34.3. The summed E-state index contributed by atoms with van der Waals surface area (Å²) in [6.07, 6.45) is 5.59. The molecule has 0 bridgehead atoms. The number of carbonyl (C=O) groups is 4. The molecule has 0 saturated carbocycles. The number of nitrogens with zero attached hydrogens (tertiary/aromatic N) is 7. The van der Waals surface area contributed by atoms with Crippen LogP contribution in [0.3, 0.4) is 0 Å². The number of carboxylic acids is 2. The second-order valence-corrected chi connectivity index (χ2v) is 14.4. The molecule has 0 aromatic carbocycles. The Balaban J connectivity index is 1.18. The summed E-state index contributed by atoms with van der Waals surface area (Å²) in [7, 11) is 0. The molecule has 4 aromatic heterocycles. The Labute approximate surface area is 294 Å². The highest BCUT2D eigenvalue weighted by Gasteiger charge is 2.53. The van der Waals surface area contributed by atoms with Gasteiger partial charge in [0.1, 0.15) is 17.1 Å². The fourth-order valence-electron chi connectivity index (χ4n) is 5.16. The first-order valence-corrected chi connectivity index (χ1v) is 17.4. The van der Waals surface area contributed by atoms with Crippen molar-refractivity contribution in [2.24, 2.45) is 21.6 Å². The van der Waals surface area contributed by atoms with Crippen molar-refractivity contribution in [1.82, 2.24) is 24.8 Å². The standard InChI is InChI=1S/C29H29N11O7S3/c1-29(2,25(45)46)47-37-18(16-12-49-27(32)34-16)21(41)35-19-22(42)40-20(24(43)44)14(10-48-23(19)40)8-38-5-4-17-13(7-38)3-6-39(17)9-15-11-50-28(33-15)36-26(30)31/h3-7,11-12,19,23H,8-10H2,1-2H3,(H8-,30,31,32,33,34,35,36,41,43,44,45,46)/t19-,23-/m1/s1. The van der Waals surface area contributed by atoms with Gasteiger partial charge in [0.15, 0.2) is 35.7 Å². The molecule has 0 unspecified atom stereocenters. The van der Waals surface area contributed by atoms with Crippen LogP contribution in [0.15, 0.2) is 62.9 Å². The van der Waals surface area contributed by atoms with Crippen LogP contribution in [0.1, 0.15) is 25.2 Å². The monoisotopic (exact) mass is 739 g/mol. The zero-order chi connectivity index (χ0) is 35.9. The van der Waals surface area contributed by atoms with Gasteiger partial charge in [-0.05, 0) is 19.9 Å². The molecule has 0 aliphatic carbocycles. The van der Waals surface area contributed by atoms with Gasteiger partial charge in [-0.1, -0.05) is 5.16 Å². The predicted molar refractivity (Wildman–Crippen MR) is 182 cm³/mol. The number of hydrogen-bond acceptors (Lipinski definition) is 14. The lowest BCUT2D eigenvalue weighted by Crippen LogP contribution is -2.71. The van der Waals surface area contributed by atoms with Crippen molar-refractivity contribution in [2.75, 3.05) is 11.5 Å². The quantitative estimate of drug-likeness (QED) is 0.0387. The van der Waals surface area contributed by atoms with E-state index in [-0.39, 0.29) is 34.8 Å². The molecular formula is C29H29N11O7S3. The largest absolute Gasteiger partial charge is 0.543 e. The first-order valence-electron chi connectivity index (χ1n) is 14.6. The lowest BCUT2D eigenvalue weighted by atomic mass is 10.0. The van der Waals surface area contributed by atoms with Crippen LogP contribution in [0.4, 0.5) is 10.3 Å². The van der Waals surface area contributed by atoms with Gasteiger partial charge in [0.2, 0.25) is 10.7 Å². The molecule has 50 heavy (non-hydrogen) atoms. The molecule has 0 spiro atoms. The van der Waals surface area contributed by atoms with Crippen molar-refractivity contribution in [2.45, 2.75) is 44.0 Å². The van der Waals surface area contributed by atoms with E-state index in [1.54, 1.807) is 0 Å². The lowest BCUT2D eigenvalue weighted by molar-refractivity contribution is -0.687. The Bertz CT molecular complexity index is 2130. The minimum absolute atomic E-state index is 0.00757. The summed E-state index contributed by atoms with van der Waals surface area (Å²) in [5.41, 5.74) is 16.3. The molecule has 2 aliphatic rings. The molecule has 18 nitrogen and oxygen atoms in total. The maximum atomic E-state index is 13.4. The topological polar surface area (TPSA) is 273 Å². The van der Waals surface area contributed by atoms with Crippen molar-refractivity contribution in [3.8, 4) is 0 Å². The highest BCUT2D eigenvalue weighted by molar-refractivity contribution is 8.00. The van der Waals surface area contributed by atoms with Crippen LogP contribution in [-0.2, 0) is 37.1 Å². The third-order valence-corrected chi connectivity index (χ3v) is 10.4. The van der Waals surface area contributed by atoms with Gasteiger partial charge >= 0.3 is 5.97 Å². The number of anilines is 1. The molecule has 4 aromatic rings. The number of oxime groups is 1. The average Bonchev–Trinajstić information content (AvgIpc) is 3.79. The van der Waals surface area contributed by atoms with Crippen LogP contribution in [0, 0.1) is 0 Å². The summed E-state index contributed by atoms with van der Waals surface area (Å²) in [4.78, 5) is 69.3. The van der Waals surface area contributed by atoms with Crippen LogP contribution >= 0.6 is 34.4 Å². The van der Waals surface area contributed by atoms with E-state index in [2.05, 4.69) is 25.4 Å². The Hall–Kier alpha value is -5.54. The molecule has 6 rings (SSSR count). The van der Waals surface area contributed by atoms with E-state index >= 15 is 0 Å². The summed E-state index contributed by atoms with van der Waals surface area (Å²) in [6, 6.07) is 2.70. The molecule has 21 heteroatoms. The van der Waals surface area contributed by atoms with Gasteiger partial charge in [0.25, 0.3) is 11.8 Å². The number of aliphatic imine (C=N–C) groups is 1. The van der Waals surface area contributed by atoms with Gasteiger partial charge in [0.05, 0.1) is 34.8 Å². The van der Waals surface area contributed by atoms with Crippen molar-refractivity contribution < 1.29 is 38.8 Å². The minimum atomic E-state index is -1.78. The second kappa shape index (κ2) is 13.4. The van der Waals surface area contributed by atoms with E-state index in [1.165, 1.54) is 42.3 Å². The summed E-state index contributed by atoms with van der Waals surface area (Å²) in [5.74, 6) is -4.25. The second-order valence-electron chi connectivity index (χ2n) is 11.6. The van der Waals surface area contributed by atoms with E-state index in [9.17, 15) is 29.4 Å². The number of thioether (sulfide) groups is 1. The van der Waals surface area contributed by atoms with Crippen LogP contribution in [0.2, 0.25) is 0 Å². The van der Waals surface area contributed by atoms with Gasteiger partial charge in [-0.3, -0.25) is 14.5 Å². The Morgan fingerprint density at radius 1 is 1.22 bits per heavy atom. The number of pyridine rings is 1. The first-order chi connectivity index (χ1) is 23.7. The van der Waals surface area contributed by atoms with E-state index in [0.29, 0.717) is 17.2 Å². The predicted octanol–water partition coefficient (Wildman–Crippen LogP) is -0.935. The lowest BCUT2D eigenvalue weighted by Gasteiger charge is -2.50. The number of aromatic nitrogens is 4. The molecule has 260 valence electrons. The molecule has 2 atom stereocenters. The third kappa shape index (κ3) is 6.82. The number of carboxylic acid groups (broad SMARTS) is 2. The number of carbonyl (C=O) groups excluding carboxylic acids is 3.